The van der Waals surface area contributed by atoms with Crippen LogP contribution in [0.15, 0.2) is 18.2 Å². The van der Waals surface area contributed by atoms with Gasteiger partial charge < -0.3 is 29.9 Å². The fourth-order valence-corrected chi connectivity index (χ4v) is 6.75. The third-order valence-corrected chi connectivity index (χ3v) is 9.12. The van der Waals surface area contributed by atoms with Crippen molar-refractivity contribution in [2.24, 2.45) is 0 Å². The number of amides is 1. The van der Waals surface area contributed by atoms with Crippen LogP contribution in [0.5, 0.6) is 6.01 Å². The molecule has 0 bridgehead atoms. The first-order valence-corrected chi connectivity index (χ1v) is 15.7. The van der Waals surface area contributed by atoms with E-state index < -0.39 is 17.2 Å². The van der Waals surface area contributed by atoms with Crippen molar-refractivity contribution in [3.8, 4) is 17.1 Å². The number of hydrogen-bond donors (Lipinski definition) is 1. The molecular formula is C30H34ClF2N7O3S. The molecule has 0 spiro atoms. The van der Waals surface area contributed by atoms with Gasteiger partial charge in [-0.05, 0) is 65.4 Å². The molecule has 14 heteroatoms. The fourth-order valence-electron chi connectivity index (χ4n) is 5.69. The van der Waals surface area contributed by atoms with E-state index in [-0.39, 0.29) is 49.6 Å². The van der Waals surface area contributed by atoms with E-state index in [9.17, 15) is 9.18 Å². The third kappa shape index (κ3) is 5.92. The number of hydrogen-bond acceptors (Lipinski definition) is 10. The van der Waals surface area contributed by atoms with Crippen molar-refractivity contribution in [3.05, 3.63) is 34.9 Å². The predicted octanol–water partition coefficient (Wildman–Crippen LogP) is 5.95. The van der Waals surface area contributed by atoms with Crippen molar-refractivity contribution in [3.63, 3.8) is 0 Å². The molecule has 2 fully saturated rings. The molecule has 1 amide bonds. The molecule has 44 heavy (non-hydrogen) atoms. The highest BCUT2D eigenvalue weighted by atomic mass is 35.5. The Kier molecular flexibility index (Phi) is 8.14. The lowest BCUT2D eigenvalue weighted by atomic mass is 10.0. The summed E-state index contributed by atoms with van der Waals surface area (Å²) in [7, 11) is 2.04. The Bertz CT molecular complexity index is 1740. The maximum Gasteiger partial charge on any atom is 0.410 e. The van der Waals surface area contributed by atoms with Crippen LogP contribution in [-0.4, -0.2) is 88.9 Å². The van der Waals surface area contributed by atoms with E-state index in [1.807, 2.05) is 32.7 Å². The molecule has 2 aromatic carbocycles. The van der Waals surface area contributed by atoms with Crippen LogP contribution >= 0.6 is 22.9 Å². The number of nitrogens with zero attached hydrogens (tertiary/aromatic N) is 6. The predicted molar refractivity (Wildman–Crippen MR) is 169 cm³/mol. The molecule has 2 saturated heterocycles. The van der Waals surface area contributed by atoms with Gasteiger partial charge in [0.2, 0.25) is 0 Å². The van der Waals surface area contributed by atoms with Crippen LogP contribution < -0.4 is 15.4 Å². The Morgan fingerprint density at radius 3 is 2.55 bits per heavy atom. The summed E-state index contributed by atoms with van der Waals surface area (Å²) in [6.45, 7) is 8.43. The van der Waals surface area contributed by atoms with Crippen molar-refractivity contribution < 1.29 is 23.0 Å². The van der Waals surface area contributed by atoms with E-state index in [1.165, 1.54) is 12.1 Å². The van der Waals surface area contributed by atoms with Crippen LogP contribution in [0.4, 0.5) is 24.5 Å². The van der Waals surface area contributed by atoms with Gasteiger partial charge in [-0.2, -0.15) is 9.97 Å². The number of aromatic nitrogens is 3. The van der Waals surface area contributed by atoms with Crippen molar-refractivity contribution in [2.45, 2.75) is 45.3 Å². The first kappa shape index (κ1) is 30.5. The molecule has 6 rings (SSSR count). The molecule has 234 valence electrons. The van der Waals surface area contributed by atoms with Gasteiger partial charge in [0.15, 0.2) is 10.9 Å². The second kappa shape index (κ2) is 11.8. The Balaban J connectivity index is 1.41. The highest BCUT2D eigenvalue weighted by molar-refractivity contribution is 7.22. The largest absolute Gasteiger partial charge is 0.462 e. The highest BCUT2D eigenvalue weighted by Crippen LogP contribution is 2.42. The number of ether oxygens (including phenoxy) is 2. The van der Waals surface area contributed by atoms with E-state index in [2.05, 4.69) is 14.9 Å². The minimum atomic E-state index is -0.703. The number of nitrogen functional groups attached to an aromatic ring is 1. The van der Waals surface area contributed by atoms with E-state index in [1.54, 1.807) is 11.0 Å². The number of nitrogens with two attached hydrogens (primary N) is 1. The van der Waals surface area contributed by atoms with E-state index in [0.29, 0.717) is 49.6 Å². The van der Waals surface area contributed by atoms with Crippen LogP contribution in [0.3, 0.4) is 0 Å². The molecule has 2 aromatic heterocycles. The summed E-state index contributed by atoms with van der Waals surface area (Å²) in [5, 5.41) is 0.641. The monoisotopic (exact) mass is 645 g/mol. The summed E-state index contributed by atoms with van der Waals surface area (Å²) in [5.74, 6) is -0.757. The molecule has 2 aliphatic rings. The van der Waals surface area contributed by atoms with Gasteiger partial charge in [-0.15, -0.1) is 0 Å². The molecule has 1 atom stereocenters. The molecular weight excluding hydrogens is 612 g/mol. The number of carbonyl (C=O) groups is 1. The first-order chi connectivity index (χ1) is 20.9. The number of anilines is 2. The lowest BCUT2D eigenvalue weighted by Gasteiger charge is -2.36. The summed E-state index contributed by atoms with van der Waals surface area (Å²) >= 11 is 7.74. The zero-order chi connectivity index (χ0) is 31.3. The highest BCUT2D eigenvalue weighted by Gasteiger charge is 2.30. The SMILES string of the molecule is CN1CCC[C@H]1COc1nc(N2CCN(C(=O)OC(C)(C)C)CC2)c2cc(Cl)c(-c3ccc(F)c4sc(N)nc34)c(F)c2n1. The molecule has 2 N–H and O–H groups in total. The van der Waals surface area contributed by atoms with Gasteiger partial charge >= 0.3 is 12.1 Å². The topological polar surface area (TPSA) is 110 Å². The standard InChI is InChI=1S/C30H34ClF2N7O3S/c1-30(2,3)43-29(41)40-12-10-39(11-13-40)26-18-14-19(31)21(17-7-8-20(32)25-24(17)35-27(34)44-25)22(33)23(18)36-28(37-26)42-15-16-6-5-9-38(16)4/h7-8,14,16H,5-6,9-13,15H2,1-4H3,(H2,34,35)/t16-/m0/s1. The van der Waals surface area contributed by atoms with Gasteiger partial charge in [-0.25, -0.2) is 18.6 Å². The summed E-state index contributed by atoms with van der Waals surface area (Å²) in [4.78, 5) is 32.0. The van der Waals surface area contributed by atoms with Gasteiger partial charge in [0.25, 0.3) is 0 Å². The van der Waals surface area contributed by atoms with E-state index in [0.717, 1.165) is 30.7 Å². The smallest absolute Gasteiger partial charge is 0.410 e. The summed E-state index contributed by atoms with van der Waals surface area (Å²) in [5.41, 5.74) is 5.86. The number of thiazole rings is 1. The number of fused-ring (bicyclic) bond motifs is 2. The van der Waals surface area contributed by atoms with Gasteiger partial charge in [0.1, 0.15) is 29.4 Å². The third-order valence-electron chi connectivity index (χ3n) is 7.93. The Labute approximate surface area is 262 Å². The number of halogens is 3. The van der Waals surface area contributed by atoms with E-state index >= 15 is 4.39 Å². The van der Waals surface area contributed by atoms with Crippen molar-refractivity contribution in [1.29, 1.82) is 0 Å². The lowest BCUT2D eigenvalue weighted by molar-refractivity contribution is 0.0240. The van der Waals surface area contributed by atoms with Gasteiger partial charge in [-0.3, -0.25) is 0 Å². The van der Waals surface area contributed by atoms with Crippen LogP contribution in [0.1, 0.15) is 33.6 Å². The van der Waals surface area contributed by atoms with Crippen LogP contribution in [0.25, 0.3) is 32.2 Å². The summed E-state index contributed by atoms with van der Waals surface area (Å²) in [6, 6.07) is 4.54. The minimum absolute atomic E-state index is 0.0134. The molecule has 0 radical (unpaired) electrons. The second-order valence-corrected chi connectivity index (χ2v) is 13.6. The molecule has 2 aliphatic heterocycles. The maximum absolute atomic E-state index is 16.6. The lowest BCUT2D eigenvalue weighted by Crippen LogP contribution is -2.50. The Hall–Kier alpha value is -3.55. The van der Waals surface area contributed by atoms with Crippen molar-refractivity contribution in [1.82, 2.24) is 24.8 Å². The van der Waals surface area contributed by atoms with Gasteiger partial charge in [0.05, 0.1) is 15.2 Å². The first-order valence-electron chi connectivity index (χ1n) is 14.5. The van der Waals surface area contributed by atoms with Crippen LogP contribution in [0, 0.1) is 11.6 Å². The zero-order valence-corrected chi connectivity index (χ0v) is 26.6. The number of piperazine rings is 1. The summed E-state index contributed by atoms with van der Waals surface area (Å²) in [6.07, 6.45) is 1.66. The Morgan fingerprint density at radius 1 is 1.11 bits per heavy atom. The fraction of sp³-hybridized carbons (Fsp3) is 0.467. The molecule has 0 unspecified atom stereocenters. The zero-order valence-electron chi connectivity index (χ0n) is 25.0. The number of carbonyl (C=O) groups excluding carboxylic acids is 1. The van der Waals surface area contributed by atoms with Crippen molar-refractivity contribution in [2.75, 3.05) is 57.0 Å². The molecule has 10 nitrogen and oxygen atoms in total. The maximum atomic E-state index is 16.6. The van der Waals surface area contributed by atoms with Gasteiger partial charge in [0, 0.05) is 48.7 Å². The van der Waals surface area contributed by atoms with Gasteiger partial charge in [-0.1, -0.05) is 22.9 Å². The number of likely N-dealkylation sites (N-methyl/N-ethyl adjacent to an activating group) is 1. The van der Waals surface area contributed by atoms with E-state index in [4.69, 9.17) is 31.8 Å². The number of benzene rings is 2. The average Bonchev–Trinajstić information content (AvgIpc) is 3.57. The quantitative estimate of drug-likeness (QED) is 0.282. The Morgan fingerprint density at radius 2 is 1.86 bits per heavy atom. The molecule has 0 aliphatic carbocycles. The normalized spacial score (nSPS) is 18.0. The number of rotatable bonds is 5. The molecule has 4 heterocycles. The van der Waals surface area contributed by atoms with Crippen LogP contribution in [-0.2, 0) is 4.74 Å². The molecule has 0 saturated carbocycles. The molecule has 4 aromatic rings. The second-order valence-electron chi connectivity index (χ2n) is 12.1. The summed E-state index contributed by atoms with van der Waals surface area (Å²) < 4.78 is 43.0. The number of likely N-dealkylation sites (tertiary alicyclic amines) is 1. The minimum Gasteiger partial charge on any atom is -0.462 e. The van der Waals surface area contributed by atoms with Crippen molar-refractivity contribution >= 4 is 61.1 Å². The van der Waals surface area contributed by atoms with Crippen LogP contribution in [0.2, 0.25) is 5.02 Å². The average molecular weight is 646 g/mol.